The van der Waals surface area contributed by atoms with E-state index < -0.39 is 0 Å². The number of rotatable bonds is 3. The van der Waals surface area contributed by atoms with E-state index in [0.29, 0.717) is 6.04 Å². The summed E-state index contributed by atoms with van der Waals surface area (Å²) >= 11 is 0. The molecule has 0 rings (SSSR count). The standard InChI is InChI=1S/C6H14N2/c1-4-5-7-8-6(2)3/h5-6,8H,4H2,1-3H3/b7-5-. The van der Waals surface area contributed by atoms with Crippen molar-refractivity contribution in [2.45, 2.75) is 33.2 Å². The van der Waals surface area contributed by atoms with Crippen LogP contribution in [-0.4, -0.2) is 12.3 Å². The normalized spacial score (nSPS) is 11.0. The highest BCUT2D eigenvalue weighted by atomic mass is 15.3. The lowest BCUT2D eigenvalue weighted by molar-refractivity contribution is 0.621. The summed E-state index contributed by atoms with van der Waals surface area (Å²) < 4.78 is 0. The van der Waals surface area contributed by atoms with Crippen LogP contribution in [0.25, 0.3) is 0 Å². The van der Waals surface area contributed by atoms with Crippen molar-refractivity contribution >= 4 is 6.21 Å². The predicted molar refractivity (Wildman–Crippen MR) is 37.1 cm³/mol. The average Bonchev–Trinajstić information content (AvgIpc) is 1.66. The van der Waals surface area contributed by atoms with Crippen LogP contribution in [0.4, 0.5) is 0 Å². The van der Waals surface area contributed by atoms with Gasteiger partial charge < -0.3 is 5.43 Å². The fourth-order valence-corrected chi connectivity index (χ4v) is 0.293. The minimum absolute atomic E-state index is 0.456. The fourth-order valence-electron chi connectivity index (χ4n) is 0.293. The second-order valence-corrected chi connectivity index (χ2v) is 2.00. The van der Waals surface area contributed by atoms with Gasteiger partial charge >= 0.3 is 0 Å². The third-order valence-corrected chi connectivity index (χ3v) is 0.607. The number of hydrogen-bond donors (Lipinski definition) is 1. The molecular formula is C6H14N2. The summed E-state index contributed by atoms with van der Waals surface area (Å²) in [6.07, 6.45) is 2.86. The molecule has 0 fully saturated rings. The number of nitrogens with one attached hydrogen (secondary N) is 1. The molecule has 0 aromatic rings. The summed E-state index contributed by atoms with van der Waals surface area (Å²) in [5.74, 6) is 0. The van der Waals surface area contributed by atoms with Gasteiger partial charge in [0.2, 0.25) is 0 Å². The summed E-state index contributed by atoms with van der Waals surface area (Å²) in [6.45, 7) is 6.19. The van der Waals surface area contributed by atoms with Crippen LogP contribution < -0.4 is 5.43 Å². The van der Waals surface area contributed by atoms with Gasteiger partial charge in [0.25, 0.3) is 0 Å². The smallest absolute Gasteiger partial charge is 0.0383 e. The van der Waals surface area contributed by atoms with Crippen LogP contribution in [-0.2, 0) is 0 Å². The topological polar surface area (TPSA) is 24.4 Å². The molecule has 0 aliphatic heterocycles. The summed E-state index contributed by atoms with van der Waals surface area (Å²) in [6, 6.07) is 0.456. The van der Waals surface area contributed by atoms with Gasteiger partial charge in [-0.3, -0.25) is 0 Å². The quantitative estimate of drug-likeness (QED) is 0.435. The molecule has 0 spiro atoms. The van der Waals surface area contributed by atoms with Crippen LogP contribution in [0.2, 0.25) is 0 Å². The van der Waals surface area contributed by atoms with Crippen molar-refractivity contribution in [2.24, 2.45) is 5.10 Å². The number of nitrogens with zero attached hydrogens (tertiary/aromatic N) is 1. The minimum atomic E-state index is 0.456. The van der Waals surface area contributed by atoms with Crippen LogP contribution in [0, 0.1) is 0 Å². The molecule has 0 heterocycles. The van der Waals surface area contributed by atoms with Crippen LogP contribution >= 0.6 is 0 Å². The van der Waals surface area contributed by atoms with Crippen LogP contribution in [0.15, 0.2) is 5.10 Å². The Bertz CT molecular complexity index is 66.9. The molecule has 0 aliphatic carbocycles. The molecule has 0 aliphatic rings. The van der Waals surface area contributed by atoms with E-state index >= 15 is 0 Å². The Kier molecular flexibility index (Phi) is 4.32. The molecule has 8 heavy (non-hydrogen) atoms. The van der Waals surface area contributed by atoms with E-state index in [4.69, 9.17) is 0 Å². The van der Waals surface area contributed by atoms with E-state index in [0.717, 1.165) is 6.42 Å². The van der Waals surface area contributed by atoms with Gasteiger partial charge in [-0.15, -0.1) is 0 Å². The Hall–Kier alpha value is -0.530. The largest absolute Gasteiger partial charge is 0.308 e. The molecule has 0 radical (unpaired) electrons. The van der Waals surface area contributed by atoms with Gasteiger partial charge in [0, 0.05) is 12.3 Å². The first-order chi connectivity index (χ1) is 3.77. The Morgan fingerprint density at radius 3 is 2.62 bits per heavy atom. The van der Waals surface area contributed by atoms with Gasteiger partial charge in [0.1, 0.15) is 0 Å². The Balaban J connectivity index is 3.03. The Morgan fingerprint density at radius 1 is 1.62 bits per heavy atom. The van der Waals surface area contributed by atoms with Crippen molar-refractivity contribution in [1.29, 1.82) is 0 Å². The maximum Gasteiger partial charge on any atom is 0.0383 e. The highest BCUT2D eigenvalue weighted by Gasteiger charge is 1.81. The van der Waals surface area contributed by atoms with Gasteiger partial charge in [-0.1, -0.05) is 6.92 Å². The number of hydrogen-bond acceptors (Lipinski definition) is 2. The fraction of sp³-hybridized carbons (Fsp3) is 0.833. The van der Waals surface area contributed by atoms with E-state index in [2.05, 4.69) is 31.3 Å². The Labute approximate surface area is 51.0 Å². The van der Waals surface area contributed by atoms with Gasteiger partial charge in [-0.05, 0) is 20.3 Å². The monoisotopic (exact) mass is 114 g/mol. The molecule has 0 bridgehead atoms. The maximum atomic E-state index is 3.91. The third kappa shape index (κ3) is 5.47. The summed E-state index contributed by atoms with van der Waals surface area (Å²) in [5, 5.41) is 3.91. The molecule has 0 aromatic heterocycles. The van der Waals surface area contributed by atoms with Gasteiger partial charge in [0.05, 0.1) is 0 Å². The lowest BCUT2D eigenvalue weighted by atomic mass is 10.4. The van der Waals surface area contributed by atoms with Crippen molar-refractivity contribution in [3.63, 3.8) is 0 Å². The zero-order valence-corrected chi connectivity index (χ0v) is 5.81. The molecule has 0 saturated carbocycles. The van der Waals surface area contributed by atoms with Crippen molar-refractivity contribution in [2.75, 3.05) is 0 Å². The zero-order valence-electron chi connectivity index (χ0n) is 5.81. The molecule has 1 N–H and O–H groups in total. The first kappa shape index (κ1) is 7.47. The van der Waals surface area contributed by atoms with Gasteiger partial charge in [-0.2, -0.15) is 5.10 Å². The first-order valence-electron chi connectivity index (χ1n) is 3.04. The highest BCUT2D eigenvalue weighted by molar-refractivity contribution is 5.55. The van der Waals surface area contributed by atoms with Crippen molar-refractivity contribution < 1.29 is 0 Å². The molecule has 0 atom stereocenters. The Morgan fingerprint density at radius 2 is 2.25 bits per heavy atom. The van der Waals surface area contributed by atoms with E-state index in [-0.39, 0.29) is 0 Å². The molecule has 0 aromatic carbocycles. The summed E-state index contributed by atoms with van der Waals surface area (Å²) in [4.78, 5) is 0. The van der Waals surface area contributed by atoms with Gasteiger partial charge in [0.15, 0.2) is 0 Å². The first-order valence-corrected chi connectivity index (χ1v) is 3.04. The molecule has 0 amide bonds. The van der Waals surface area contributed by atoms with E-state index in [1.165, 1.54) is 0 Å². The molecular weight excluding hydrogens is 100 g/mol. The second-order valence-electron chi connectivity index (χ2n) is 2.00. The summed E-state index contributed by atoms with van der Waals surface area (Å²) in [7, 11) is 0. The van der Waals surface area contributed by atoms with Crippen molar-refractivity contribution in [1.82, 2.24) is 5.43 Å². The highest BCUT2D eigenvalue weighted by Crippen LogP contribution is 1.74. The summed E-state index contributed by atoms with van der Waals surface area (Å²) in [5.41, 5.74) is 2.92. The SMILES string of the molecule is CC/C=N\NC(C)C. The molecule has 2 nitrogen and oxygen atoms in total. The third-order valence-electron chi connectivity index (χ3n) is 0.607. The average molecular weight is 114 g/mol. The van der Waals surface area contributed by atoms with Gasteiger partial charge in [-0.25, -0.2) is 0 Å². The maximum absolute atomic E-state index is 3.91. The number of hydrazone groups is 1. The second kappa shape index (κ2) is 4.62. The van der Waals surface area contributed by atoms with Crippen LogP contribution in [0.3, 0.4) is 0 Å². The predicted octanol–water partition coefficient (Wildman–Crippen LogP) is 1.38. The molecule has 0 unspecified atom stereocenters. The lowest BCUT2D eigenvalue weighted by Gasteiger charge is -2.00. The zero-order chi connectivity index (χ0) is 6.41. The van der Waals surface area contributed by atoms with Crippen LogP contribution in [0.5, 0.6) is 0 Å². The molecule has 2 heteroatoms. The van der Waals surface area contributed by atoms with Crippen molar-refractivity contribution in [3.05, 3.63) is 0 Å². The van der Waals surface area contributed by atoms with E-state index in [1.807, 2.05) is 6.21 Å². The molecule has 48 valence electrons. The molecule has 0 saturated heterocycles. The van der Waals surface area contributed by atoms with Crippen molar-refractivity contribution in [3.8, 4) is 0 Å². The van der Waals surface area contributed by atoms with Crippen LogP contribution in [0.1, 0.15) is 27.2 Å². The van der Waals surface area contributed by atoms with E-state index in [9.17, 15) is 0 Å². The lowest BCUT2D eigenvalue weighted by Crippen LogP contribution is -2.15. The van der Waals surface area contributed by atoms with E-state index in [1.54, 1.807) is 0 Å². The minimum Gasteiger partial charge on any atom is -0.308 e.